The maximum Gasteiger partial charge on any atom is 0.115 e. The average molecular weight is 322 g/mol. The van der Waals surface area contributed by atoms with E-state index >= 15 is 0 Å². The molecule has 2 N–H and O–H groups in total. The minimum Gasteiger partial charge on any atom is -0.508 e. The van der Waals surface area contributed by atoms with Gasteiger partial charge in [-0.15, -0.1) is 0 Å². The molecule has 2 aromatic rings. The summed E-state index contributed by atoms with van der Waals surface area (Å²) in [5.74, 6) is 0.694. The van der Waals surface area contributed by atoms with E-state index in [1.165, 1.54) is 33.4 Å². The lowest BCUT2D eigenvalue weighted by Gasteiger charge is -2.18. The van der Waals surface area contributed by atoms with Crippen LogP contribution in [-0.2, 0) is 12.8 Å². The Hall–Kier alpha value is -2.22. The maximum atomic E-state index is 9.85. The maximum absolute atomic E-state index is 9.85. The van der Waals surface area contributed by atoms with E-state index in [1.807, 2.05) is 12.1 Å². The van der Waals surface area contributed by atoms with Gasteiger partial charge in [0.1, 0.15) is 11.5 Å². The van der Waals surface area contributed by atoms with E-state index in [2.05, 4.69) is 26.0 Å². The van der Waals surface area contributed by atoms with Gasteiger partial charge in [0.2, 0.25) is 0 Å². The largest absolute Gasteiger partial charge is 0.508 e. The first-order valence-corrected chi connectivity index (χ1v) is 9.00. The van der Waals surface area contributed by atoms with Gasteiger partial charge < -0.3 is 10.2 Å². The molecule has 2 heteroatoms. The summed E-state index contributed by atoms with van der Waals surface area (Å²) >= 11 is 0. The molecular weight excluding hydrogens is 296 g/mol. The van der Waals surface area contributed by atoms with E-state index in [0.29, 0.717) is 11.5 Å². The number of fused-ring (bicyclic) bond motifs is 1. The van der Waals surface area contributed by atoms with Crippen LogP contribution in [-0.4, -0.2) is 10.2 Å². The van der Waals surface area contributed by atoms with Gasteiger partial charge in [-0.3, -0.25) is 0 Å². The number of aryl methyl sites for hydroxylation is 2. The van der Waals surface area contributed by atoms with Crippen molar-refractivity contribution in [3.8, 4) is 11.5 Å². The Kier molecular flexibility index (Phi) is 4.94. The Morgan fingerprint density at radius 1 is 0.875 bits per heavy atom. The Balaban J connectivity index is 2.22. The fourth-order valence-electron chi connectivity index (χ4n) is 3.85. The van der Waals surface area contributed by atoms with Crippen molar-refractivity contribution in [1.82, 2.24) is 0 Å². The zero-order valence-electron chi connectivity index (χ0n) is 14.6. The third-order valence-electron chi connectivity index (χ3n) is 4.95. The van der Waals surface area contributed by atoms with Crippen molar-refractivity contribution in [2.24, 2.45) is 0 Å². The Morgan fingerprint density at radius 3 is 2.29 bits per heavy atom. The fourth-order valence-corrected chi connectivity index (χ4v) is 3.85. The first-order valence-electron chi connectivity index (χ1n) is 9.00. The summed E-state index contributed by atoms with van der Waals surface area (Å²) in [4.78, 5) is 0. The Morgan fingerprint density at radius 2 is 1.58 bits per heavy atom. The van der Waals surface area contributed by atoms with Crippen LogP contribution in [0, 0.1) is 0 Å². The lowest BCUT2D eigenvalue weighted by molar-refractivity contribution is 0.474. The van der Waals surface area contributed by atoms with Gasteiger partial charge in [-0.25, -0.2) is 0 Å². The lowest BCUT2D eigenvalue weighted by Crippen LogP contribution is -1.97. The van der Waals surface area contributed by atoms with Gasteiger partial charge in [-0.05, 0) is 89.8 Å². The Labute approximate surface area is 144 Å². The van der Waals surface area contributed by atoms with E-state index in [0.717, 1.165) is 38.5 Å². The van der Waals surface area contributed by atoms with E-state index in [-0.39, 0.29) is 0 Å². The molecule has 0 bridgehead atoms. The zero-order valence-corrected chi connectivity index (χ0v) is 14.6. The highest BCUT2D eigenvalue weighted by molar-refractivity contribution is 5.93. The average Bonchev–Trinajstić information content (AvgIpc) is 2.74. The fraction of sp³-hybridized carbons (Fsp3) is 0.364. The summed E-state index contributed by atoms with van der Waals surface area (Å²) in [5, 5.41) is 19.7. The zero-order chi connectivity index (χ0) is 17.1. The molecule has 126 valence electrons. The minimum atomic E-state index is 0.340. The number of aromatic hydroxyl groups is 2. The van der Waals surface area contributed by atoms with Crippen LogP contribution in [0.1, 0.15) is 61.8 Å². The summed E-state index contributed by atoms with van der Waals surface area (Å²) < 4.78 is 0. The number of hydrogen-bond acceptors (Lipinski definition) is 2. The molecule has 0 heterocycles. The van der Waals surface area contributed by atoms with E-state index in [4.69, 9.17) is 0 Å². The summed E-state index contributed by atoms with van der Waals surface area (Å²) in [6.07, 6.45) is 6.18. The van der Waals surface area contributed by atoms with Crippen molar-refractivity contribution >= 4 is 11.1 Å². The second kappa shape index (κ2) is 7.12. The molecule has 0 spiro atoms. The van der Waals surface area contributed by atoms with Crippen molar-refractivity contribution in [3.05, 3.63) is 58.7 Å². The molecule has 0 fully saturated rings. The number of hydrogen-bond donors (Lipinski definition) is 2. The molecule has 24 heavy (non-hydrogen) atoms. The van der Waals surface area contributed by atoms with Gasteiger partial charge in [-0.1, -0.05) is 32.4 Å². The number of phenolic OH excluding ortho intramolecular Hbond substituents is 2. The van der Waals surface area contributed by atoms with Crippen molar-refractivity contribution in [1.29, 1.82) is 0 Å². The highest BCUT2D eigenvalue weighted by Gasteiger charge is 2.20. The molecule has 2 aromatic carbocycles. The van der Waals surface area contributed by atoms with Gasteiger partial charge in [0.05, 0.1) is 0 Å². The van der Waals surface area contributed by atoms with Crippen LogP contribution in [0.5, 0.6) is 11.5 Å². The molecule has 1 aliphatic carbocycles. The predicted octanol–water partition coefficient (Wildman–Crippen LogP) is 5.71. The highest BCUT2D eigenvalue weighted by Crippen LogP contribution is 2.40. The third-order valence-corrected chi connectivity index (χ3v) is 4.95. The van der Waals surface area contributed by atoms with Crippen molar-refractivity contribution in [2.45, 2.75) is 52.4 Å². The molecule has 0 amide bonds. The minimum absolute atomic E-state index is 0.340. The molecule has 2 nitrogen and oxygen atoms in total. The van der Waals surface area contributed by atoms with Crippen LogP contribution in [0.15, 0.2) is 36.4 Å². The van der Waals surface area contributed by atoms with Crippen LogP contribution in [0.3, 0.4) is 0 Å². The Bertz CT molecular complexity index is 772. The van der Waals surface area contributed by atoms with Gasteiger partial charge in [0, 0.05) is 0 Å². The number of benzene rings is 2. The predicted molar refractivity (Wildman–Crippen MR) is 100 cm³/mol. The topological polar surface area (TPSA) is 40.5 Å². The SMILES string of the molecule is CCCC1=C(c2ccc(O)cc2CC)CCCc2cc(O)ccc21. The van der Waals surface area contributed by atoms with Crippen LogP contribution >= 0.6 is 0 Å². The monoisotopic (exact) mass is 322 g/mol. The summed E-state index contributed by atoms with van der Waals surface area (Å²) in [7, 11) is 0. The second-order valence-corrected chi connectivity index (χ2v) is 6.60. The van der Waals surface area contributed by atoms with Gasteiger partial charge in [0.15, 0.2) is 0 Å². The molecule has 1 aliphatic rings. The van der Waals surface area contributed by atoms with Crippen molar-refractivity contribution in [3.63, 3.8) is 0 Å². The molecule has 0 aliphatic heterocycles. The normalized spacial score (nSPS) is 14.4. The van der Waals surface area contributed by atoms with E-state index < -0.39 is 0 Å². The number of phenols is 2. The number of allylic oxidation sites excluding steroid dienone is 2. The highest BCUT2D eigenvalue weighted by atomic mass is 16.3. The van der Waals surface area contributed by atoms with Crippen LogP contribution in [0.2, 0.25) is 0 Å². The van der Waals surface area contributed by atoms with Crippen LogP contribution < -0.4 is 0 Å². The smallest absolute Gasteiger partial charge is 0.115 e. The standard InChI is InChI=1S/C22H26O2/c1-3-6-21-20-12-10-18(24)14-16(20)7-5-8-22(21)19-11-9-17(23)13-15(19)4-2/h9-14,23-24H,3-8H2,1-2H3. The summed E-state index contributed by atoms with van der Waals surface area (Å²) in [6, 6.07) is 11.6. The lowest BCUT2D eigenvalue weighted by atomic mass is 9.87. The van der Waals surface area contributed by atoms with Gasteiger partial charge in [0.25, 0.3) is 0 Å². The van der Waals surface area contributed by atoms with E-state index in [9.17, 15) is 10.2 Å². The second-order valence-electron chi connectivity index (χ2n) is 6.60. The van der Waals surface area contributed by atoms with Crippen LogP contribution in [0.4, 0.5) is 0 Å². The molecule has 0 saturated heterocycles. The molecule has 0 atom stereocenters. The first-order chi connectivity index (χ1) is 11.6. The molecule has 0 saturated carbocycles. The summed E-state index contributed by atoms with van der Waals surface area (Å²) in [6.45, 7) is 4.36. The molecule has 0 radical (unpaired) electrons. The molecule has 3 rings (SSSR count). The number of rotatable bonds is 4. The van der Waals surface area contributed by atoms with Gasteiger partial charge >= 0.3 is 0 Å². The molecule has 0 unspecified atom stereocenters. The van der Waals surface area contributed by atoms with E-state index in [1.54, 1.807) is 12.1 Å². The van der Waals surface area contributed by atoms with Crippen molar-refractivity contribution in [2.75, 3.05) is 0 Å². The first kappa shape index (κ1) is 16.6. The quantitative estimate of drug-likeness (QED) is 0.757. The summed E-state index contributed by atoms with van der Waals surface area (Å²) in [5.41, 5.74) is 7.85. The van der Waals surface area contributed by atoms with Gasteiger partial charge in [-0.2, -0.15) is 0 Å². The van der Waals surface area contributed by atoms with Crippen molar-refractivity contribution < 1.29 is 10.2 Å². The molecular formula is C22H26O2. The van der Waals surface area contributed by atoms with Crippen LogP contribution in [0.25, 0.3) is 11.1 Å². The molecule has 0 aromatic heterocycles. The third kappa shape index (κ3) is 3.19.